The van der Waals surface area contributed by atoms with Crippen molar-refractivity contribution in [3.8, 4) is 0 Å². The van der Waals surface area contributed by atoms with Crippen LogP contribution in [-0.4, -0.2) is 13.2 Å². The number of rotatable bonds is 5. The Morgan fingerprint density at radius 2 is 1.67 bits per heavy atom. The molecule has 0 N–H and O–H groups in total. The molecule has 0 bridgehead atoms. The number of fused-ring (bicyclic) bond motifs is 1. The second-order valence-corrected chi connectivity index (χ2v) is 6.52. The molecule has 2 rings (SSSR count). The Kier molecular flexibility index (Phi) is 4.60. The molecule has 0 spiro atoms. The van der Waals surface area contributed by atoms with Gasteiger partial charge in [-0.2, -0.15) is 0 Å². The van der Waals surface area contributed by atoms with Gasteiger partial charge in [-0.05, 0) is 62.8 Å². The summed E-state index contributed by atoms with van der Waals surface area (Å²) in [6, 6.07) is 5.99. The van der Waals surface area contributed by atoms with Crippen LogP contribution in [0.1, 0.15) is 37.8 Å². The van der Waals surface area contributed by atoms with Crippen LogP contribution in [0.2, 0.25) is 0 Å². The van der Waals surface area contributed by atoms with Crippen LogP contribution in [0.3, 0.4) is 0 Å². The lowest BCUT2D eigenvalue weighted by Gasteiger charge is -2.21. The third-order valence-electron chi connectivity index (χ3n) is 3.25. The van der Waals surface area contributed by atoms with Gasteiger partial charge in [-0.1, -0.05) is 6.07 Å². The lowest BCUT2D eigenvalue weighted by atomic mass is 9.92. The van der Waals surface area contributed by atoms with E-state index in [0.29, 0.717) is 18.5 Å². The molecule has 0 aliphatic heterocycles. The first-order valence-corrected chi connectivity index (χ1v) is 8.25. The van der Waals surface area contributed by atoms with Crippen molar-refractivity contribution in [2.45, 2.75) is 39.5 Å². The predicted octanol–water partition coefficient (Wildman–Crippen LogP) is 3.46. The molecule has 0 amide bonds. The third kappa shape index (κ3) is 2.85. The quantitative estimate of drug-likeness (QED) is 0.767. The van der Waals surface area contributed by atoms with Gasteiger partial charge in [0.15, 0.2) is 0 Å². The molecule has 0 heterocycles. The molecule has 18 heavy (non-hydrogen) atoms. The summed E-state index contributed by atoms with van der Waals surface area (Å²) in [5.74, 6) is 0. The lowest BCUT2D eigenvalue weighted by Crippen LogP contribution is -2.14. The Hall–Kier alpha value is -0.630. The smallest absolute Gasteiger partial charge is 0.305 e. The zero-order chi connectivity index (χ0) is 13.0. The van der Waals surface area contributed by atoms with E-state index in [1.807, 2.05) is 26.0 Å². The second-order valence-electron chi connectivity index (χ2n) is 4.49. The number of aryl methyl sites for hydroxylation is 2. The maximum Gasteiger partial charge on any atom is 0.361 e. The maximum atomic E-state index is 12.7. The van der Waals surface area contributed by atoms with Crippen molar-refractivity contribution >= 4 is 12.9 Å². The number of benzene rings is 1. The molecule has 0 radical (unpaired) electrons. The Morgan fingerprint density at radius 1 is 1.06 bits per heavy atom. The normalized spacial score (nSPS) is 15.4. The van der Waals surface area contributed by atoms with E-state index in [-0.39, 0.29) is 0 Å². The predicted molar refractivity (Wildman–Crippen MR) is 73.6 cm³/mol. The molecule has 1 aromatic rings. The Morgan fingerprint density at radius 3 is 2.28 bits per heavy atom. The van der Waals surface area contributed by atoms with Crippen LogP contribution in [0.5, 0.6) is 0 Å². The molecule has 0 unspecified atom stereocenters. The van der Waals surface area contributed by atoms with Crippen molar-refractivity contribution in [2.24, 2.45) is 0 Å². The van der Waals surface area contributed by atoms with Crippen LogP contribution in [0.15, 0.2) is 18.2 Å². The van der Waals surface area contributed by atoms with Gasteiger partial charge in [-0.3, -0.25) is 4.57 Å². The van der Waals surface area contributed by atoms with Gasteiger partial charge in [0.25, 0.3) is 0 Å². The van der Waals surface area contributed by atoms with Crippen molar-refractivity contribution in [1.82, 2.24) is 0 Å². The molecule has 4 heteroatoms. The van der Waals surface area contributed by atoms with Gasteiger partial charge < -0.3 is 9.05 Å². The molecule has 0 aromatic heterocycles. The SMILES string of the molecule is CCOP(=O)(OCC)c1ccc2c(c1)CCCC2. The number of hydrogen-bond acceptors (Lipinski definition) is 3. The Balaban J connectivity index is 2.33. The zero-order valence-electron chi connectivity index (χ0n) is 11.1. The topological polar surface area (TPSA) is 35.5 Å². The van der Waals surface area contributed by atoms with Gasteiger partial charge in [-0.25, -0.2) is 0 Å². The van der Waals surface area contributed by atoms with Crippen molar-refractivity contribution in [1.29, 1.82) is 0 Å². The summed E-state index contributed by atoms with van der Waals surface area (Å²) in [5, 5.41) is 0.701. The van der Waals surface area contributed by atoms with E-state index in [2.05, 4.69) is 6.07 Å². The molecule has 100 valence electrons. The largest absolute Gasteiger partial charge is 0.361 e. The minimum absolute atomic E-state index is 0.397. The summed E-state index contributed by atoms with van der Waals surface area (Å²) >= 11 is 0. The summed E-state index contributed by atoms with van der Waals surface area (Å²) < 4.78 is 23.4. The second kappa shape index (κ2) is 6.01. The molecular formula is C14H21O3P. The highest BCUT2D eigenvalue weighted by Crippen LogP contribution is 2.47. The Labute approximate surface area is 109 Å². The van der Waals surface area contributed by atoms with Gasteiger partial charge in [-0.15, -0.1) is 0 Å². The van der Waals surface area contributed by atoms with Crippen molar-refractivity contribution < 1.29 is 13.6 Å². The van der Waals surface area contributed by atoms with Crippen molar-refractivity contribution in [3.63, 3.8) is 0 Å². The molecule has 0 atom stereocenters. The number of hydrogen-bond donors (Lipinski definition) is 0. The summed E-state index contributed by atoms with van der Waals surface area (Å²) in [5.41, 5.74) is 2.68. The highest BCUT2D eigenvalue weighted by Gasteiger charge is 2.27. The van der Waals surface area contributed by atoms with Gasteiger partial charge in [0.05, 0.1) is 18.5 Å². The first-order chi connectivity index (χ1) is 8.69. The molecule has 0 saturated heterocycles. The monoisotopic (exact) mass is 268 g/mol. The average molecular weight is 268 g/mol. The van der Waals surface area contributed by atoms with Crippen LogP contribution in [-0.2, 0) is 26.5 Å². The molecule has 0 fully saturated rings. The van der Waals surface area contributed by atoms with Crippen molar-refractivity contribution in [2.75, 3.05) is 13.2 Å². The summed E-state index contributed by atoms with van der Waals surface area (Å²) in [6.45, 7) is 4.47. The molecule has 0 saturated carbocycles. The zero-order valence-corrected chi connectivity index (χ0v) is 12.0. The fraction of sp³-hybridized carbons (Fsp3) is 0.571. The van der Waals surface area contributed by atoms with E-state index < -0.39 is 7.60 Å². The summed E-state index contributed by atoms with van der Waals surface area (Å²) in [7, 11) is -3.12. The molecule has 1 aromatic carbocycles. The first-order valence-electron chi connectivity index (χ1n) is 6.71. The van der Waals surface area contributed by atoms with E-state index in [1.165, 1.54) is 24.0 Å². The van der Waals surface area contributed by atoms with E-state index in [0.717, 1.165) is 12.8 Å². The highest BCUT2D eigenvalue weighted by molar-refractivity contribution is 7.62. The fourth-order valence-electron chi connectivity index (χ4n) is 2.42. The van der Waals surface area contributed by atoms with Crippen LogP contribution in [0.4, 0.5) is 0 Å². The van der Waals surface area contributed by atoms with Crippen LogP contribution >= 0.6 is 7.60 Å². The van der Waals surface area contributed by atoms with E-state index in [1.54, 1.807) is 0 Å². The lowest BCUT2D eigenvalue weighted by molar-refractivity contribution is 0.230. The molecule has 3 nitrogen and oxygen atoms in total. The van der Waals surface area contributed by atoms with Crippen LogP contribution < -0.4 is 5.30 Å². The fourth-order valence-corrected chi connectivity index (χ4v) is 4.04. The Bertz CT molecular complexity index is 446. The third-order valence-corrected chi connectivity index (χ3v) is 5.35. The minimum Gasteiger partial charge on any atom is -0.305 e. The highest BCUT2D eigenvalue weighted by atomic mass is 31.2. The van der Waals surface area contributed by atoms with Gasteiger partial charge in [0.2, 0.25) is 0 Å². The maximum absolute atomic E-state index is 12.7. The van der Waals surface area contributed by atoms with Crippen LogP contribution in [0.25, 0.3) is 0 Å². The van der Waals surface area contributed by atoms with Gasteiger partial charge >= 0.3 is 7.60 Å². The standard InChI is InChI=1S/C14H21O3P/c1-3-16-18(15,17-4-2)14-10-9-12-7-5-6-8-13(12)11-14/h9-11H,3-8H2,1-2H3. The minimum atomic E-state index is -3.12. The molecule has 1 aliphatic carbocycles. The van der Waals surface area contributed by atoms with Gasteiger partial charge in [0, 0.05) is 0 Å². The van der Waals surface area contributed by atoms with E-state index >= 15 is 0 Å². The summed E-state index contributed by atoms with van der Waals surface area (Å²) in [4.78, 5) is 0. The van der Waals surface area contributed by atoms with Crippen LogP contribution in [0, 0.1) is 0 Å². The average Bonchev–Trinajstić information content (AvgIpc) is 2.39. The molecule has 1 aliphatic rings. The van der Waals surface area contributed by atoms with Crippen molar-refractivity contribution in [3.05, 3.63) is 29.3 Å². The first kappa shape index (κ1) is 13.8. The summed E-state index contributed by atoms with van der Waals surface area (Å²) in [6.07, 6.45) is 4.66. The van der Waals surface area contributed by atoms with Gasteiger partial charge in [0.1, 0.15) is 0 Å². The van der Waals surface area contributed by atoms with E-state index in [4.69, 9.17) is 9.05 Å². The van der Waals surface area contributed by atoms with E-state index in [9.17, 15) is 4.57 Å². The molecular weight excluding hydrogens is 247 g/mol.